The summed E-state index contributed by atoms with van der Waals surface area (Å²) in [7, 11) is 1.57. The summed E-state index contributed by atoms with van der Waals surface area (Å²) in [5, 5.41) is 18.1. The molecule has 0 radical (unpaired) electrons. The molecule has 0 fully saturated rings. The van der Waals surface area contributed by atoms with Crippen molar-refractivity contribution >= 4 is 55.7 Å². The van der Waals surface area contributed by atoms with Crippen molar-refractivity contribution in [1.82, 2.24) is 15.0 Å². The van der Waals surface area contributed by atoms with Crippen molar-refractivity contribution in [3.8, 4) is 5.75 Å². The van der Waals surface area contributed by atoms with Crippen molar-refractivity contribution in [2.75, 3.05) is 24.4 Å². The van der Waals surface area contributed by atoms with Gasteiger partial charge >= 0.3 is 11.7 Å². The summed E-state index contributed by atoms with van der Waals surface area (Å²) in [4.78, 5) is 35.6. The molecular weight excluding hydrogens is 448 g/mol. The van der Waals surface area contributed by atoms with Crippen LogP contribution in [0.4, 0.5) is 28.1 Å². The third-order valence-electron chi connectivity index (χ3n) is 4.48. The van der Waals surface area contributed by atoms with Gasteiger partial charge in [0.15, 0.2) is 5.13 Å². The van der Waals surface area contributed by atoms with Gasteiger partial charge in [0.25, 0.3) is 0 Å². The lowest BCUT2D eigenvalue weighted by Gasteiger charge is -2.09. The quantitative estimate of drug-likeness (QED) is 0.214. The van der Waals surface area contributed by atoms with Gasteiger partial charge in [-0.2, -0.15) is 0 Å². The lowest BCUT2D eigenvalue weighted by molar-refractivity contribution is -0.383. The molecule has 0 saturated carbocycles. The van der Waals surface area contributed by atoms with Gasteiger partial charge in [-0.25, -0.2) is 19.7 Å². The third kappa shape index (κ3) is 4.80. The lowest BCUT2D eigenvalue weighted by Crippen LogP contribution is -2.06. The highest BCUT2D eigenvalue weighted by Gasteiger charge is 2.24. The van der Waals surface area contributed by atoms with Gasteiger partial charge < -0.3 is 20.1 Å². The van der Waals surface area contributed by atoms with Crippen molar-refractivity contribution in [2.45, 2.75) is 6.92 Å². The Morgan fingerprint density at radius 1 is 1.12 bits per heavy atom. The molecule has 2 heterocycles. The molecule has 0 atom stereocenters. The van der Waals surface area contributed by atoms with E-state index in [1.54, 1.807) is 50.4 Å². The standard InChI is InChI=1S/C21H18N6O5S/c1-3-32-20(28)12-4-6-13(7-5-12)24-18-17(27(29)30)19(23-11-22-18)26-21-25-15-9-8-14(31-2)10-16(15)33-21/h4-11H,3H2,1-2H3,(H2,22,23,24,25,26). The highest BCUT2D eigenvalue weighted by atomic mass is 32.1. The van der Waals surface area contributed by atoms with E-state index >= 15 is 0 Å². The van der Waals surface area contributed by atoms with Gasteiger partial charge in [-0.15, -0.1) is 0 Å². The summed E-state index contributed by atoms with van der Waals surface area (Å²) < 4.78 is 11.0. The maximum Gasteiger partial charge on any atom is 0.353 e. The molecule has 0 aliphatic carbocycles. The molecule has 0 amide bonds. The summed E-state index contributed by atoms with van der Waals surface area (Å²) in [6.07, 6.45) is 1.21. The van der Waals surface area contributed by atoms with Crippen LogP contribution in [-0.4, -0.2) is 39.6 Å². The van der Waals surface area contributed by atoms with Crippen LogP contribution in [0.3, 0.4) is 0 Å². The van der Waals surface area contributed by atoms with E-state index in [2.05, 4.69) is 25.6 Å². The van der Waals surface area contributed by atoms with Crippen LogP contribution in [0, 0.1) is 10.1 Å². The van der Waals surface area contributed by atoms with E-state index in [-0.39, 0.29) is 23.9 Å². The van der Waals surface area contributed by atoms with E-state index in [0.717, 1.165) is 10.2 Å². The molecule has 0 bridgehead atoms. The normalized spacial score (nSPS) is 10.6. The van der Waals surface area contributed by atoms with Gasteiger partial charge in [0, 0.05) is 5.69 Å². The first-order chi connectivity index (χ1) is 16.0. The van der Waals surface area contributed by atoms with Crippen LogP contribution in [0.5, 0.6) is 5.75 Å². The summed E-state index contributed by atoms with van der Waals surface area (Å²) >= 11 is 1.31. The number of rotatable bonds is 8. The van der Waals surface area contributed by atoms with Gasteiger partial charge in [-0.05, 0) is 49.4 Å². The Bertz CT molecular complexity index is 1320. The van der Waals surface area contributed by atoms with Crippen molar-refractivity contribution in [2.24, 2.45) is 0 Å². The van der Waals surface area contributed by atoms with Crippen LogP contribution in [-0.2, 0) is 4.74 Å². The number of benzene rings is 2. The van der Waals surface area contributed by atoms with Crippen LogP contribution in [0.2, 0.25) is 0 Å². The maximum absolute atomic E-state index is 11.8. The topological polar surface area (TPSA) is 141 Å². The number of carbonyl (C=O) groups excluding carboxylic acids is 1. The molecule has 2 N–H and O–H groups in total. The van der Waals surface area contributed by atoms with Crippen molar-refractivity contribution in [3.63, 3.8) is 0 Å². The zero-order chi connectivity index (χ0) is 23.4. The minimum absolute atomic E-state index is 0.00772. The van der Waals surface area contributed by atoms with Crippen LogP contribution in [0.25, 0.3) is 10.2 Å². The summed E-state index contributed by atoms with van der Waals surface area (Å²) in [6.45, 7) is 1.99. The fourth-order valence-electron chi connectivity index (χ4n) is 2.96. The predicted octanol–water partition coefficient (Wildman–Crippen LogP) is 4.67. The Morgan fingerprint density at radius 3 is 2.52 bits per heavy atom. The molecule has 33 heavy (non-hydrogen) atoms. The number of anilines is 4. The van der Waals surface area contributed by atoms with E-state index in [4.69, 9.17) is 9.47 Å². The minimum atomic E-state index is -0.575. The minimum Gasteiger partial charge on any atom is -0.497 e. The summed E-state index contributed by atoms with van der Waals surface area (Å²) in [6, 6.07) is 11.7. The van der Waals surface area contributed by atoms with Gasteiger partial charge in [-0.1, -0.05) is 11.3 Å². The summed E-state index contributed by atoms with van der Waals surface area (Å²) in [5.74, 6) is 0.221. The first-order valence-electron chi connectivity index (χ1n) is 9.73. The molecule has 4 rings (SSSR count). The summed E-state index contributed by atoms with van der Waals surface area (Å²) in [5.41, 5.74) is 1.25. The van der Waals surface area contributed by atoms with E-state index < -0.39 is 10.9 Å². The highest BCUT2D eigenvalue weighted by molar-refractivity contribution is 7.22. The number of carbonyl (C=O) groups is 1. The van der Waals surface area contributed by atoms with E-state index in [9.17, 15) is 14.9 Å². The number of hydrogen-bond acceptors (Lipinski definition) is 11. The van der Waals surface area contributed by atoms with E-state index in [1.807, 2.05) is 6.07 Å². The molecule has 0 unspecified atom stereocenters. The predicted molar refractivity (Wildman–Crippen MR) is 124 cm³/mol. The van der Waals surface area contributed by atoms with Gasteiger partial charge in [0.2, 0.25) is 11.6 Å². The van der Waals surface area contributed by atoms with Crippen LogP contribution >= 0.6 is 11.3 Å². The maximum atomic E-state index is 11.8. The molecule has 0 spiro atoms. The Hall–Kier alpha value is -4.32. The highest BCUT2D eigenvalue weighted by Crippen LogP contribution is 2.36. The second kappa shape index (κ2) is 9.44. The number of aromatic nitrogens is 3. The Labute approximate surface area is 191 Å². The smallest absolute Gasteiger partial charge is 0.353 e. The Balaban J connectivity index is 1.61. The second-order valence-electron chi connectivity index (χ2n) is 6.58. The molecule has 0 aliphatic rings. The SMILES string of the molecule is CCOC(=O)c1ccc(Nc2ncnc(Nc3nc4ccc(OC)cc4s3)c2[N+](=O)[O-])cc1. The molecule has 4 aromatic rings. The van der Waals surface area contributed by atoms with Crippen molar-refractivity contribution < 1.29 is 19.2 Å². The van der Waals surface area contributed by atoms with Gasteiger partial charge in [0.05, 0.1) is 34.4 Å². The number of nitro groups is 1. The zero-order valence-electron chi connectivity index (χ0n) is 17.6. The molecule has 0 saturated heterocycles. The number of methoxy groups -OCH3 is 1. The fraction of sp³-hybridized carbons (Fsp3) is 0.143. The van der Waals surface area contributed by atoms with Gasteiger partial charge in [0.1, 0.15) is 12.1 Å². The number of ether oxygens (including phenoxy) is 2. The van der Waals surface area contributed by atoms with Crippen LogP contribution in [0.1, 0.15) is 17.3 Å². The largest absolute Gasteiger partial charge is 0.497 e. The number of fused-ring (bicyclic) bond motifs is 1. The molecule has 2 aromatic heterocycles. The Kier molecular flexibility index (Phi) is 6.26. The second-order valence-corrected chi connectivity index (χ2v) is 7.61. The van der Waals surface area contributed by atoms with Crippen LogP contribution in [0.15, 0.2) is 48.8 Å². The molecule has 0 aliphatic heterocycles. The Morgan fingerprint density at radius 2 is 1.85 bits per heavy atom. The monoisotopic (exact) mass is 466 g/mol. The van der Waals surface area contributed by atoms with E-state index in [0.29, 0.717) is 22.1 Å². The number of nitrogens with zero attached hydrogens (tertiary/aromatic N) is 4. The first-order valence-corrected chi connectivity index (χ1v) is 10.6. The lowest BCUT2D eigenvalue weighted by atomic mass is 10.2. The number of esters is 1. The molecule has 12 heteroatoms. The fourth-order valence-corrected chi connectivity index (χ4v) is 3.86. The molecular formula is C21H18N6O5S. The third-order valence-corrected chi connectivity index (χ3v) is 5.42. The molecule has 11 nitrogen and oxygen atoms in total. The first kappa shape index (κ1) is 21.9. The number of hydrogen-bond donors (Lipinski definition) is 2. The van der Waals surface area contributed by atoms with Crippen molar-refractivity contribution in [3.05, 3.63) is 64.5 Å². The zero-order valence-corrected chi connectivity index (χ0v) is 18.4. The average Bonchev–Trinajstić information content (AvgIpc) is 3.21. The van der Waals surface area contributed by atoms with E-state index in [1.165, 1.54) is 17.7 Å². The average molecular weight is 466 g/mol. The number of nitrogens with one attached hydrogen (secondary N) is 2. The van der Waals surface area contributed by atoms with Gasteiger partial charge in [-0.3, -0.25) is 10.1 Å². The van der Waals surface area contributed by atoms with Crippen LogP contribution < -0.4 is 15.4 Å². The molecule has 168 valence electrons. The molecule has 2 aromatic carbocycles. The van der Waals surface area contributed by atoms with Crippen molar-refractivity contribution in [1.29, 1.82) is 0 Å². The number of thiazole rings is 1.